The van der Waals surface area contributed by atoms with E-state index < -0.39 is 11.4 Å². The predicted molar refractivity (Wildman–Crippen MR) is 135 cm³/mol. The van der Waals surface area contributed by atoms with Crippen molar-refractivity contribution in [3.63, 3.8) is 0 Å². The summed E-state index contributed by atoms with van der Waals surface area (Å²) < 4.78 is 33.1. The lowest BCUT2D eigenvalue weighted by atomic mass is 10.0. The fourth-order valence-electron chi connectivity index (χ4n) is 4.05. The number of methoxy groups -OCH3 is 4. The molecule has 8 nitrogen and oxygen atoms in total. The summed E-state index contributed by atoms with van der Waals surface area (Å²) in [5.41, 5.74) is 2.20. The first-order valence-corrected chi connectivity index (χ1v) is 11.1. The van der Waals surface area contributed by atoms with Crippen molar-refractivity contribution >= 4 is 16.9 Å². The van der Waals surface area contributed by atoms with Gasteiger partial charge in [-0.05, 0) is 67.4 Å². The molecule has 0 radical (unpaired) electrons. The molecule has 0 aliphatic rings. The van der Waals surface area contributed by atoms with Crippen LogP contribution < -0.4 is 29.1 Å². The van der Waals surface area contributed by atoms with Gasteiger partial charge in [-0.15, -0.1) is 0 Å². The molecule has 0 aliphatic heterocycles. The summed E-state index contributed by atoms with van der Waals surface area (Å²) in [5.74, 6) is 0.832. The first kappa shape index (κ1) is 24.7. The third-order valence-electron chi connectivity index (χ3n) is 5.75. The van der Waals surface area contributed by atoms with Crippen molar-refractivity contribution in [1.29, 1.82) is 0 Å². The van der Waals surface area contributed by atoms with Gasteiger partial charge in [0.15, 0.2) is 28.8 Å². The van der Waals surface area contributed by atoms with Gasteiger partial charge in [0.05, 0.1) is 39.4 Å². The second kappa shape index (κ2) is 10.0. The summed E-state index contributed by atoms with van der Waals surface area (Å²) in [4.78, 5) is 26.9. The molecular formula is C28H26O8. The van der Waals surface area contributed by atoms with E-state index in [2.05, 4.69) is 0 Å². The second-order valence-corrected chi connectivity index (χ2v) is 8.07. The lowest BCUT2D eigenvalue weighted by Crippen LogP contribution is -2.17. The molecule has 186 valence electrons. The van der Waals surface area contributed by atoms with Gasteiger partial charge >= 0.3 is 5.97 Å². The molecule has 0 atom stereocenters. The van der Waals surface area contributed by atoms with Crippen LogP contribution in [0, 0.1) is 13.8 Å². The number of aryl methyl sites for hydroxylation is 2. The van der Waals surface area contributed by atoms with Gasteiger partial charge in [0.2, 0.25) is 11.2 Å². The van der Waals surface area contributed by atoms with Gasteiger partial charge in [-0.1, -0.05) is 6.07 Å². The van der Waals surface area contributed by atoms with Crippen molar-refractivity contribution in [2.24, 2.45) is 0 Å². The Morgan fingerprint density at radius 1 is 0.750 bits per heavy atom. The molecule has 0 bridgehead atoms. The van der Waals surface area contributed by atoms with Crippen molar-refractivity contribution in [2.75, 3.05) is 28.4 Å². The van der Waals surface area contributed by atoms with Crippen LogP contribution in [0.5, 0.6) is 28.7 Å². The molecule has 0 saturated carbocycles. The number of benzene rings is 3. The Balaban J connectivity index is 1.92. The maximum Gasteiger partial charge on any atom is 0.343 e. The van der Waals surface area contributed by atoms with Crippen LogP contribution in [0.4, 0.5) is 0 Å². The van der Waals surface area contributed by atoms with Crippen LogP contribution in [0.3, 0.4) is 0 Å². The highest BCUT2D eigenvalue weighted by Gasteiger charge is 2.24. The summed E-state index contributed by atoms with van der Waals surface area (Å²) in [7, 11) is 5.99. The van der Waals surface area contributed by atoms with E-state index in [9.17, 15) is 9.59 Å². The maximum atomic E-state index is 13.7. The molecule has 0 fully saturated rings. The number of hydrogen-bond donors (Lipinski definition) is 0. The minimum atomic E-state index is -0.755. The minimum Gasteiger partial charge on any atom is -0.493 e. The van der Waals surface area contributed by atoms with Crippen LogP contribution in [0.25, 0.3) is 22.3 Å². The molecule has 0 amide bonds. The molecule has 4 aromatic rings. The molecule has 8 heteroatoms. The molecule has 0 spiro atoms. The topological polar surface area (TPSA) is 93.4 Å². The highest BCUT2D eigenvalue weighted by molar-refractivity contribution is 5.94. The Morgan fingerprint density at radius 3 is 2.00 bits per heavy atom. The number of ether oxygens (including phenoxy) is 5. The van der Waals surface area contributed by atoms with E-state index >= 15 is 0 Å². The average Bonchev–Trinajstić information content (AvgIpc) is 2.88. The summed E-state index contributed by atoms with van der Waals surface area (Å²) in [5, 5.41) is 0.333. The molecule has 0 aliphatic carbocycles. The van der Waals surface area contributed by atoms with E-state index in [0.29, 0.717) is 45.1 Å². The van der Waals surface area contributed by atoms with Gasteiger partial charge in [-0.25, -0.2) is 4.79 Å². The molecule has 4 rings (SSSR count). The lowest BCUT2D eigenvalue weighted by molar-refractivity contribution is 0.0731. The summed E-state index contributed by atoms with van der Waals surface area (Å²) in [6, 6.07) is 13.3. The first-order valence-electron chi connectivity index (χ1n) is 11.1. The summed E-state index contributed by atoms with van der Waals surface area (Å²) >= 11 is 0. The van der Waals surface area contributed by atoms with Crippen molar-refractivity contribution in [2.45, 2.75) is 13.8 Å². The zero-order chi connectivity index (χ0) is 26.0. The quantitative estimate of drug-likeness (QED) is 0.321. The van der Waals surface area contributed by atoms with Gasteiger partial charge in [0.1, 0.15) is 5.58 Å². The smallest absolute Gasteiger partial charge is 0.343 e. The molecule has 0 saturated heterocycles. The van der Waals surface area contributed by atoms with Gasteiger partial charge < -0.3 is 28.1 Å². The number of rotatable bonds is 7. The fourth-order valence-corrected chi connectivity index (χ4v) is 4.05. The highest BCUT2D eigenvalue weighted by Crippen LogP contribution is 2.38. The molecule has 3 aromatic carbocycles. The van der Waals surface area contributed by atoms with E-state index in [0.717, 1.165) is 5.56 Å². The van der Waals surface area contributed by atoms with Crippen LogP contribution in [0.15, 0.2) is 57.7 Å². The van der Waals surface area contributed by atoms with Gasteiger partial charge in [0.25, 0.3) is 0 Å². The number of esters is 1. The predicted octanol–water partition coefficient (Wildman–Crippen LogP) is 5.33. The second-order valence-electron chi connectivity index (χ2n) is 8.07. The van der Waals surface area contributed by atoms with Crippen molar-refractivity contribution in [1.82, 2.24) is 0 Å². The zero-order valence-electron chi connectivity index (χ0n) is 20.9. The van der Waals surface area contributed by atoms with Crippen LogP contribution in [-0.4, -0.2) is 34.4 Å². The van der Waals surface area contributed by atoms with Gasteiger partial charge in [0, 0.05) is 5.56 Å². The Hall–Kier alpha value is -4.46. The van der Waals surface area contributed by atoms with Crippen molar-refractivity contribution in [3.8, 4) is 40.1 Å². The Labute approximate surface area is 207 Å². The van der Waals surface area contributed by atoms with Gasteiger partial charge in [-0.3, -0.25) is 4.79 Å². The van der Waals surface area contributed by atoms with E-state index in [1.807, 2.05) is 19.9 Å². The monoisotopic (exact) mass is 490 g/mol. The zero-order valence-corrected chi connectivity index (χ0v) is 20.9. The lowest BCUT2D eigenvalue weighted by Gasteiger charge is -2.14. The number of hydrogen-bond acceptors (Lipinski definition) is 8. The van der Waals surface area contributed by atoms with E-state index in [4.69, 9.17) is 28.1 Å². The third kappa shape index (κ3) is 4.45. The number of carbonyl (C=O) groups is 1. The van der Waals surface area contributed by atoms with E-state index in [-0.39, 0.29) is 17.1 Å². The minimum absolute atomic E-state index is 0.0901. The molecular weight excluding hydrogens is 464 g/mol. The Morgan fingerprint density at radius 2 is 1.36 bits per heavy atom. The normalized spacial score (nSPS) is 10.7. The standard InChI is InChI=1S/C28H26O8/c1-15-11-16(2)24-23(12-15)35-26(17-7-9-19(31-3)21(13-17)33-5)27(25(24)29)36-28(30)18-8-10-20(32-4)22(14-18)34-6/h7-14H,1-6H3. The summed E-state index contributed by atoms with van der Waals surface area (Å²) in [6.45, 7) is 3.72. The average molecular weight is 491 g/mol. The van der Waals surface area contributed by atoms with E-state index in [1.165, 1.54) is 40.6 Å². The molecule has 1 heterocycles. The fraction of sp³-hybridized carbons (Fsp3) is 0.214. The van der Waals surface area contributed by atoms with Crippen LogP contribution in [-0.2, 0) is 0 Å². The van der Waals surface area contributed by atoms with E-state index in [1.54, 1.807) is 30.3 Å². The third-order valence-corrected chi connectivity index (χ3v) is 5.75. The first-order chi connectivity index (χ1) is 17.3. The maximum absolute atomic E-state index is 13.7. The molecule has 0 N–H and O–H groups in total. The van der Waals surface area contributed by atoms with Crippen LogP contribution in [0.2, 0.25) is 0 Å². The van der Waals surface area contributed by atoms with Gasteiger partial charge in [-0.2, -0.15) is 0 Å². The molecule has 1 aromatic heterocycles. The van der Waals surface area contributed by atoms with Crippen LogP contribution in [0.1, 0.15) is 21.5 Å². The molecule has 0 unspecified atom stereocenters. The highest BCUT2D eigenvalue weighted by atomic mass is 16.5. The Kier molecular flexibility index (Phi) is 6.87. The largest absolute Gasteiger partial charge is 0.493 e. The Bertz CT molecular complexity index is 1520. The number of fused-ring (bicyclic) bond motifs is 1. The van der Waals surface area contributed by atoms with Crippen molar-refractivity contribution in [3.05, 3.63) is 75.4 Å². The van der Waals surface area contributed by atoms with Crippen LogP contribution >= 0.6 is 0 Å². The summed E-state index contributed by atoms with van der Waals surface area (Å²) in [6.07, 6.45) is 0. The SMILES string of the molecule is COc1ccc(C(=O)Oc2c(-c3ccc(OC)c(OC)c3)oc3cc(C)cc(C)c3c2=O)cc1OC. The molecule has 36 heavy (non-hydrogen) atoms. The number of carbonyl (C=O) groups excluding carboxylic acids is 1. The van der Waals surface area contributed by atoms with Crippen molar-refractivity contribution < 1.29 is 32.9 Å².